The van der Waals surface area contributed by atoms with E-state index in [9.17, 15) is 14.4 Å². The standard InChI is InChI=1S/C15H11Cl2N3O3/c16-9-5-3-7-11(12(9)17)20-15(23)14(22)19-10-6-2-1-4-8(10)13(18)21/h1-7H,(H2,18,21)(H,19,22)(H,20,23). The average molecular weight is 352 g/mol. The summed E-state index contributed by atoms with van der Waals surface area (Å²) >= 11 is 11.8. The molecule has 4 N–H and O–H groups in total. The molecule has 2 aromatic carbocycles. The molecule has 0 heterocycles. The van der Waals surface area contributed by atoms with Crippen LogP contribution >= 0.6 is 23.2 Å². The van der Waals surface area contributed by atoms with Crippen molar-refractivity contribution < 1.29 is 14.4 Å². The highest BCUT2D eigenvalue weighted by Gasteiger charge is 2.18. The Hall–Kier alpha value is -2.57. The van der Waals surface area contributed by atoms with Crippen LogP contribution in [0.3, 0.4) is 0 Å². The molecule has 0 saturated carbocycles. The van der Waals surface area contributed by atoms with E-state index in [1.165, 1.54) is 18.2 Å². The van der Waals surface area contributed by atoms with Crippen LogP contribution in [0.25, 0.3) is 0 Å². The topological polar surface area (TPSA) is 101 Å². The monoisotopic (exact) mass is 351 g/mol. The first kappa shape index (κ1) is 16.8. The highest BCUT2D eigenvalue weighted by atomic mass is 35.5. The Bertz CT molecular complexity index is 793. The van der Waals surface area contributed by atoms with Crippen LogP contribution in [0.15, 0.2) is 42.5 Å². The summed E-state index contributed by atoms with van der Waals surface area (Å²) in [6.45, 7) is 0. The van der Waals surface area contributed by atoms with E-state index in [0.717, 1.165) is 0 Å². The van der Waals surface area contributed by atoms with Crippen molar-refractivity contribution >= 4 is 52.3 Å². The number of hydrogen-bond acceptors (Lipinski definition) is 3. The SMILES string of the molecule is NC(=O)c1ccccc1NC(=O)C(=O)Nc1cccc(Cl)c1Cl. The Morgan fingerprint density at radius 3 is 2.04 bits per heavy atom. The van der Waals surface area contributed by atoms with Crippen LogP contribution in [0, 0.1) is 0 Å². The molecular weight excluding hydrogens is 341 g/mol. The van der Waals surface area contributed by atoms with Gasteiger partial charge in [0.15, 0.2) is 0 Å². The van der Waals surface area contributed by atoms with Crippen LogP contribution in [0.4, 0.5) is 11.4 Å². The molecule has 2 aromatic rings. The summed E-state index contributed by atoms with van der Waals surface area (Å²) < 4.78 is 0. The molecule has 0 spiro atoms. The molecule has 0 atom stereocenters. The van der Waals surface area contributed by atoms with Gasteiger partial charge < -0.3 is 16.4 Å². The lowest BCUT2D eigenvalue weighted by Gasteiger charge is -2.10. The van der Waals surface area contributed by atoms with Crippen LogP contribution < -0.4 is 16.4 Å². The van der Waals surface area contributed by atoms with Crippen molar-refractivity contribution in [1.29, 1.82) is 0 Å². The minimum Gasteiger partial charge on any atom is -0.366 e. The first-order valence-corrected chi connectivity index (χ1v) is 7.11. The molecule has 23 heavy (non-hydrogen) atoms. The molecule has 0 aromatic heterocycles. The summed E-state index contributed by atoms with van der Waals surface area (Å²) in [5, 5.41) is 5.01. The second kappa shape index (κ2) is 7.13. The maximum Gasteiger partial charge on any atom is 0.314 e. The fourth-order valence-corrected chi connectivity index (χ4v) is 2.11. The van der Waals surface area contributed by atoms with Gasteiger partial charge in [-0.15, -0.1) is 0 Å². The smallest absolute Gasteiger partial charge is 0.314 e. The summed E-state index contributed by atoms with van der Waals surface area (Å²) in [5.74, 6) is -2.66. The molecule has 0 aliphatic carbocycles. The van der Waals surface area contributed by atoms with Gasteiger partial charge in [0.1, 0.15) is 0 Å². The summed E-state index contributed by atoms with van der Waals surface area (Å²) in [4.78, 5) is 35.1. The minimum atomic E-state index is -0.977. The molecule has 0 unspecified atom stereocenters. The van der Waals surface area contributed by atoms with E-state index >= 15 is 0 Å². The highest BCUT2D eigenvalue weighted by molar-refractivity contribution is 6.47. The van der Waals surface area contributed by atoms with Gasteiger partial charge in [-0.2, -0.15) is 0 Å². The molecule has 0 aliphatic heterocycles. The van der Waals surface area contributed by atoms with Crippen LogP contribution in [0.2, 0.25) is 10.0 Å². The summed E-state index contributed by atoms with van der Waals surface area (Å²) in [5.41, 5.74) is 5.63. The van der Waals surface area contributed by atoms with E-state index in [1.807, 2.05) is 0 Å². The third kappa shape index (κ3) is 4.00. The van der Waals surface area contributed by atoms with E-state index in [4.69, 9.17) is 28.9 Å². The van der Waals surface area contributed by atoms with E-state index in [-0.39, 0.29) is 27.0 Å². The number of amides is 3. The third-order valence-corrected chi connectivity index (χ3v) is 3.67. The second-order valence-electron chi connectivity index (χ2n) is 4.42. The minimum absolute atomic E-state index is 0.0921. The molecule has 0 radical (unpaired) electrons. The van der Waals surface area contributed by atoms with E-state index < -0.39 is 17.7 Å². The van der Waals surface area contributed by atoms with Crippen LogP contribution in [-0.2, 0) is 9.59 Å². The lowest BCUT2D eigenvalue weighted by Crippen LogP contribution is -2.30. The largest absolute Gasteiger partial charge is 0.366 e. The summed E-state index contributed by atoms with van der Waals surface area (Å²) in [7, 11) is 0. The zero-order valence-corrected chi connectivity index (χ0v) is 13.1. The molecule has 3 amide bonds. The number of nitrogens with two attached hydrogens (primary N) is 1. The van der Waals surface area contributed by atoms with Gasteiger partial charge >= 0.3 is 11.8 Å². The Balaban J connectivity index is 2.14. The number of anilines is 2. The van der Waals surface area contributed by atoms with Crippen molar-refractivity contribution in [2.75, 3.05) is 10.6 Å². The number of benzene rings is 2. The number of carbonyl (C=O) groups excluding carboxylic acids is 3. The van der Waals surface area contributed by atoms with Crippen molar-refractivity contribution in [2.24, 2.45) is 5.73 Å². The number of nitrogens with one attached hydrogen (secondary N) is 2. The van der Waals surface area contributed by atoms with Crippen molar-refractivity contribution in [3.8, 4) is 0 Å². The Morgan fingerprint density at radius 2 is 1.39 bits per heavy atom. The lowest BCUT2D eigenvalue weighted by molar-refractivity contribution is -0.133. The molecular formula is C15H11Cl2N3O3. The second-order valence-corrected chi connectivity index (χ2v) is 5.20. The quantitative estimate of drug-likeness (QED) is 0.740. The number of hydrogen-bond donors (Lipinski definition) is 3. The molecule has 0 saturated heterocycles. The maximum absolute atomic E-state index is 11.9. The molecule has 0 aliphatic rings. The number of carbonyl (C=O) groups is 3. The highest BCUT2D eigenvalue weighted by Crippen LogP contribution is 2.29. The zero-order valence-electron chi connectivity index (χ0n) is 11.6. The van der Waals surface area contributed by atoms with Crippen molar-refractivity contribution in [3.63, 3.8) is 0 Å². The zero-order chi connectivity index (χ0) is 17.0. The number of halogens is 2. The van der Waals surface area contributed by atoms with Crippen molar-refractivity contribution in [2.45, 2.75) is 0 Å². The molecule has 0 fully saturated rings. The fourth-order valence-electron chi connectivity index (χ4n) is 1.77. The van der Waals surface area contributed by atoms with Gasteiger partial charge in [0.05, 0.1) is 27.0 Å². The number of primary amides is 1. The van der Waals surface area contributed by atoms with Gasteiger partial charge in [0.2, 0.25) is 0 Å². The Kier molecular flexibility index (Phi) is 5.20. The lowest BCUT2D eigenvalue weighted by atomic mass is 10.1. The molecule has 2 rings (SSSR count). The van der Waals surface area contributed by atoms with E-state index in [0.29, 0.717) is 0 Å². The van der Waals surface area contributed by atoms with E-state index in [2.05, 4.69) is 10.6 Å². The normalized spacial score (nSPS) is 10.0. The maximum atomic E-state index is 11.9. The van der Waals surface area contributed by atoms with Crippen LogP contribution in [0.5, 0.6) is 0 Å². The van der Waals surface area contributed by atoms with Crippen LogP contribution in [-0.4, -0.2) is 17.7 Å². The predicted octanol–water partition coefficient (Wildman–Crippen LogP) is 2.67. The summed E-state index contributed by atoms with van der Waals surface area (Å²) in [6, 6.07) is 10.7. The number of para-hydroxylation sites is 1. The fraction of sp³-hybridized carbons (Fsp3) is 0. The van der Waals surface area contributed by atoms with Gasteiger partial charge in [-0.3, -0.25) is 14.4 Å². The van der Waals surface area contributed by atoms with Crippen LogP contribution in [0.1, 0.15) is 10.4 Å². The first-order valence-electron chi connectivity index (χ1n) is 6.35. The van der Waals surface area contributed by atoms with Gasteiger partial charge in [0.25, 0.3) is 5.91 Å². The van der Waals surface area contributed by atoms with Gasteiger partial charge in [0, 0.05) is 0 Å². The van der Waals surface area contributed by atoms with Crippen molar-refractivity contribution in [3.05, 3.63) is 58.1 Å². The van der Waals surface area contributed by atoms with Gasteiger partial charge in [-0.25, -0.2) is 0 Å². The molecule has 8 heteroatoms. The average Bonchev–Trinajstić information content (AvgIpc) is 2.52. The Morgan fingerprint density at radius 1 is 0.826 bits per heavy atom. The van der Waals surface area contributed by atoms with Gasteiger partial charge in [-0.1, -0.05) is 41.4 Å². The Labute approximate surface area is 141 Å². The van der Waals surface area contributed by atoms with Crippen molar-refractivity contribution in [1.82, 2.24) is 0 Å². The van der Waals surface area contributed by atoms with E-state index in [1.54, 1.807) is 24.3 Å². The third-order valence-electron chi connectivity index (χ3n) is 2.85. The first-order chi connectivity index (χ1) is 10.9. The predicted molar refractivity (Wildman–Crippen MR) is 88.7 cm³/mol. The molecule has 6 nitrogen and oxygen atoms in total. The molecule has 0 bridgehead atoms. The molecule has 118 valence electrons. The van der Waals surface area contributed by atoms with Gasteiger partial charge in [-0.05, 0) is 24.3 Å². The number of rotatable bonds is 3. The summed E-state index contributed by atoms with van der Waals surface area (Å²) in [6.07, 6.45) is 0.